The number of rotatable bonds is 3. The molecule has 0 bridgehead atoms. The first-order valence-electron chi connectivity index (χ1n) is 5.60. The summed E-state index contributed by atoms with van der Waals surface area (Å²) in [5, 5.41) is 0. The summed E-state index contributed by atoms with van der Waals surface area (Å²) in [5.41, 5.74) is 2.61. The summed E-state index contributed by atoms with van der Waals surface area (Å²) in [6.45, 7) is 2.06. The van der Waals surface area contributed by atoms with Crippen LogP contribution in [0.5, 0.6) is 0 Å². The molecule has 0 radical (unpaired) electrons. The van der Waals surface area contributed by atoms with Gasteiger partial charge in [-0.3, -0.25) is 4.79 Å². The third kappa shape index (κ3) is 2.64. The molecule has 0 aromatic heterocycles. The zero-order valence-electron chi connectivity index (χ0n) is 9.61. The Bertz CT molecular complexity index is 532. The second-order valence-electron chi connectivity index (χ2n) is 3.85. The van der Waals surface area contributed by atoms with Crippen molar-refractivity contribution in [3.05, 3.63) is 69.7 Å². The van der Waals surface area contributed by atoms with E-state index in [4.69, 9.17) is 0 Å². The van der Waals surface area contributed by atoms with Gasteiger partial charge in [-0.2, -0.15) is 0 Å². The van der Waals surface area contributed by atoms with E-state index in [0.29, 0.717) is 0 Å². The van der Waals surface area contributed by atoms with Crippen LogP contribution in [0.2, 0.25) is 0 Å². The minimum Gasteiger partial charge on any atom is -0.289 e. The smallest absolute Gasteiger partial charge is 0.193 e. The highest BCUT2D eigenvalue weighted by Crippen LogP contribution is 2.20. The second-order valence-corrected chi connectivity index (χ2v) is 4.77. The molecule has 2 aromatic carbocycles. The number of aryl methyl sites for hydroxylation is 1. The van der Waals surface area contributed by atoms with E-state index in [1.54, 1.807) is 0 Å². The molecule has 2 rings (SSSR count). The Labute approximate surface area is 110 Å². The van der Waals surface area contributed by atoms with Gasteiger partial charge in [0.05, 0.1) is 0 Å². The van der Waals surface area contributed by atoms with Crippen molar-refractivity contribution in [2.45, 2.75) is 13.3 Å². The van der Waals surface area contributed by atoms with Crippen LogP contribution in [-0.2, 0) is 6.42 Å². The molecule has 2 heteroatoms. The van der Waals surface area contributed by atoms with Crippen LogP contribution >= 0.6 is 15.9 Å². The van der Waals surface area contributed by atoms with E-state index in [1.165, 1.54) is 0 Å². The average Bonchev–Trinajstić information content (AvgIpc) is 2.39. The van der Waals surface area contributed by atoms with Gasteiger partial charge in [0.25, 0.3) is 0 Å². The minimum absolute atomic E-state index is 0.0868. The van der Waals surface area contributed by atoms with Crippen molar-refractivity contribution in [1.29, 1.82) is 0 Å². The van der Waals surface area contributed by atoms with Gasteiger partial charge in [0.2, 0.25) is 0 Å². The molecular formula is C15H13BrO. The van der Waals surface area contributed by atoms with Crippen molar-refractivity contribution < 1.29 is 4.79 Å². The van der Waals surface area contributed by atoms with E-state index in [1.807, 2.05) is 48.5 Å². The number of hydrogen-bond donors (Lipinski definition) is 0. The minimum atomic E-state index is 0.0868. The molecule has 0 heterocycles. The lowest BCUT2D eigenvalue weighted by Gasteiger charge is -2.07. The van der Waals surface area contributed by atoms with Gasteiger partial charge >= 0.3 is 0 Å². The number of carbonyl (C=O) groups excluding carboxylic acids is 1. The van der Waals surface area contributed by atoms with Gasteiger partial charge < -0.3 is 0 Å². The topological polar surface area (TPSA) is 17.1 Å². The summed E-state index contributed by atoms with van der Waals surface area (Å²) in [7, 11) is 0. The van der Waals surface area contributed by atoms with E-state index < -0.39 is 0 Å². The number of ketones is 1. The molecule has 86 valence electrons. The Kier molecular flexibility index (Phi) is 3.75. The first kappa shape index (κ1) is 12.1. The maximum atomic E-state index is 12.4. The maximum Gasteiger partial charge on any atom is 0.193 e. The lowest BCUT2D eigenvalue weighted by Crippen LogP contribution is -2.04. The molecule has 0 spiro atoms. The average molecular weight is 289 g/mol. The number of benzene rings is 2. The molecule has 0 aliphatic rings. The highest BCUT2D eigenvalue weighted by molar-refractivity contribution is 9.10. The van der Waals surface area contributed by atoms with Crippen LogP contribution in [0.25, 0.3) is 0 Å². The molecule has 2 aromatic rings. The zero-order valence-corrected chi connectivity index (χ0v) is 11.2. The van der Waals surface area contributed by atoms with Gasteiger partial charge in [-0.05, 0) is 24.1 Å². The molecule has 0 aliphatic carbocycles. The highest BCUT2D eigenvalue weighted by atomic mass is 79.9. The number of carbonyl (C=O) groups is 1. The number of hydrogen-bond acceptors (Lipinski definition) is 1. The first-order valence-corrected chi connectivity index (χ1v) is 6.40. The fraction of sp³-hybridized carbons (Fsp3) is 0.133. The molecule has 0 saturated carbocycles. The van der Waals surface area contributed by atoms with Crippen LogP contribution in [0.15, 0.2) is 53.0 Å². The summed E-state index contributed by atoms with van der Waals surface area (Å²) in [6.07, 6.45) is 0.862. The normalized spacial score (nSPS) is 10.2. The van der Waals surface area contributed by atoms with Crippen molar-refractivity contribution >= 4 is 21.7 Å². The van der Waals surface area contributed by atoms with Crippen LogP contribution in [-0.4, -0.2) is 5.78 Å². The third-order valence-electron chi connectivity index (χ3n) is 2.73. The van der Waals surface area contributed by atoms with Gasteiger partial charge in [0.1, 0.15) is 0 Å². The lowest BCUT2D eigenvalue weighted by atomic mass is 9.97. The fourth-order valence-electron chi connectivity index (χ4n) is 1.81. The molecule has 0 aliphatic heterocycles. The van der Waals surface area contributed by atoms with E-state index in [2.05, 4.69) is 22.9 Å². The van der Waals surface area contributed by atoms with E-state index in [0.717, 1.165) is 27.6 Å². The summed E-state index contributed by atoms with van der Waals surface area (Å²) in [6, 6.07) is 15.3. The summed E-state index contributed by atoms with van der Waals surface area (Å²) in [5.74, 6) is 0.0868. The summed E-state index contributed by atoms with van der Waals surface area (Å²) in [4.78, 5) is 12.4. The number of halogens is 1. The molecule has 1 nitrogen and oxygen atoms in total. The largest absolute Gasteiger partial charge is 0.289 e. The predicted octanol–water partition coefficient (Wildman–Crippen LogP) is 4.24. The van der Waals surface area contributed by atoms with Crippen LogP contribution in [0, 0.1) is 0 Å². The van der Waals surface area contributed by atoms with Crippen LogP contribution in [0.4, 0.5) is 0 Å². The van der Waals surface area contributed by atoms with Gasteiger partial charge in [-0.25, -0.2) is 0 Å². The molecule has 0 unspecified atom stereocenters. The predicted molar refractivity (Wildman–Crippen MR) is 73.4 cm³/mol. The molecule has 0 N–H and O–H groups in total. The Morgan fingerprint density at radius 2 is 1.82 bits per heavy atom. The molecule has 0 fully saturated rings. The van der Waals surface area contributed by atoms with Gasteiger partial charge in [-0.15, -0.1) is 0 Å². The zero-order chi connectivity index (χ0) is 12.3. The SMILES string of the molecule is CCc1ccc(Br)cc1C(=O)c1ccccc1. The van der Waals surface area contributed by atoms with Crippen molar-refractivity contribution in [3.63, 3.8) is 0 Å². The van der Waals surface area contributed by atoms with Gasteiger partial charge in [0, 0.05) is 15.6 Å². The van der Waals surface area contributed by atoms with Crippen molar-refractivity contribution in [1.82, 2.24) is 0 Å². The standard InChI is InChI=1S/C15H13BrO/c1-2-11-8-9-13(16)10-14(11)15(17)12-6-4-3-5-7-12/h3-10H,2H2,1H3. The van der Waals surface area contributed by atoms with Crippen molar-refractivity contribution in [3.8, 4) is 0 Å². The lowest BCUT2D eigenvalue weighted by molar-refractivity contribution is 0.103. The molecular weight excluding hydrogens is 276 g/mol. The summed E-state index contributed by atoms with van der Waals surface area (Å²) < 4.78 is 0.939. The van der Waals surface area contributed by atoms with E-state index in [9.17, 15) is 4.79 Å². The van der Waals surface area contributed by atoms with Crippen LogP contribution < -0.4 is 0 Å². The van der Waals surface area contributed by atoms with Gasteiger partial charge in [0.15, 0.2) is 5.78 Å². The Balaban J connectivity index is 2.47. The summed E-state index contributed by atoms with van der Waals surface area (Å²) >= 11 is 3.41. The third-order valence-corrected chi connectivity index (χ3v) is 3.23. The first-order chi connectivity index (χ1) is 8.22. The quantitative estimate of drug-likeness (QED) is 0.772. The Morgan fingerprint density at radius 1 is 1.12 bits per heavy atom. The molecule has 0 saturated heterocycles. The van der Waals surface area contributed by atoms with Crippen molar-refractivity contribution in [2.24, 2.45) is 0 Å². The second kappa shape index (κ2) is 5.28. The maximum absolute atomic E-state index is 12.4. The molecule has 0 amide bonds. The van der Waals surface area contributed by atoms with Gasteiger partial charge in [-0.1, -0.05) is 59.3 Å². The van der Waals surface area contributed by atoms with E-state index in [-0.39, 0.29) is 5.78 Å². The Hall–Kier alpha value is -1.41. The van der Waals surface area contributed by atoms with Crippen LogP contribution in [0.1, 0.15) is 28.4 Å². The fourth-order valence-corrected chi connectivity index (χ4v) is 2.17. The van der Waals surface area contributed by atoms with Crippen molar-refractivity contribution in [2.75, 3.05) is 0 Å². The monoisotopic (exact) mass is 288 g/mol. The van der Waals surface area contributed by atoms with Crippen LogP contribution in [0.3, 0.4) is 0 Å². The highest BCUT2D eigenvalue weighted by Gasteiger charge is 2.12. The molecule has 17 heavy (non-hydrogen) atoms. The molecule has 0 atom stereocenters. The Morgan fingerprint density at radius 3 is 2.47 bits per heavy atom. The van der Waals surface area contributed by atoms with E-state index >= 15 is 0 Å².